The number of benzene rings is 2. The highest BCUT2D eigenvalue weighted by Gasteiger charge is 2.27. The average molecular weight is 428 g/mol. The third-order valence-electron chi connectivity index (χ3n) is 4.62. The van der Waals surface area contributed by atoms with Crippen LogP contribution in [0.15, 0.2) is 58.1 Å². The molecule has 1 heterocycles. The van der Waals surface area contributed by atoms with Gasteiger partial charge in [0.2, 0.25) is 0 Å². The van der Waals surface area contributed by atoms with Crippen molar-refractivity contribution < 1.29 is 13.6 Å². The van der Waals surface area contributed by atoms with Crippen molar-refractivity contribution in [1.29, 1.82) is 0 Å². The lowest BCUT2D eigenvalue weighted by Crippen LogP contribution is -2.43. The topological polar surface area (TPSA) is 101 Å². The van der Waals surface area contributed by atoms with Crippen LogP contribution >= 0.6 is 0 Å². The first-order valence-electron chi connectivity index (χ1n) is 9.62. The van der Waals surface area contributed by atoms with Crippen LogP contribution in [-0.4, -0.2) is 22.0 Å². The fourth-order valence-electron chi connectivity index (χ4n) is 3.21. The Morgan fingerprint density at radius 3 is 2.42 bits per heavy atom. The lowest BCUT2D eigenvalue weighted by Gasteiger charge is -2.26. The molecule has 0 bridgehead atoms. The van der Waals surface area contributed by atoms with Crippen LogP contribution in [0.25, 0.3) is 0 Å². The summed E-state index contributed by atoms with van der Waals surface area (Å²) in [5, 5.41) is 0. The van der Waals surface area contributed by atoms with E-state index < -0.39 is 34.4 Å². The van der Waals surface area contributed by atoms with Gasteiger partial charge in [-0.3, -0.25) is 19.1 Å². The zero-order valence-corrected chi connectivity index (χ0v) is 17.1. The van der Waals surface area contributed by atoms with E-state index in [1.54, 1.807) is 38.1 Å². The Labute approximate surface area is 176 Å². The van der Waals surface area contributed by atoms with E-state index in [1.807, 2.05) is 6.07 Å². The maximum Gasteiger partial charge on any atom is 0.330 e. The van der Waals surface area contributed by atoms with Gasteiger partial charge in [0, 0.05) is 12.6 Å². The van der Waals surface area contributed by atoms with Crippen molar-refractivity contribution >= 4 is 17.4 Å². The molecule has 31 heavy (non-hydrogen) atoms. The Morgan fingerprint density at radius 2 is 1.81 bits per heavy atom. The Hall–Kier alpha value is -3.75. The maximum absolute atomic E-state index is 14.3. The minimum absolute atomic E-state index is 0.0203. The van der Waals surface area contributed by atoms with E-state index in [0.717, 1.165) is 27.2 Å². The number of hydrogen-bond acceptors (Lipinski definition) is 4. The molecule has 0 aliphatic rings. The summed E-state index contributed by atoms with van der Waals surface area (Å²) in [7, 11) is 0. The van der Waals surface area contributed by atoms with E-state index in [-0.39, 0.29) is 30.5 Å². The van der Waals surface area contributed by atoms with Crippen LogP contribution in [0.4, 0.5) is 20.3 Å². The maximum atomic E-state index is 14.3. The average Bonchev–Trinajstić information content (AvgIpc) is 2.70. The van der Waals surface area contributed by atoms with Crippen LogP contribution < -0.4 is 21.9 Å². The molecule has 0 fully saturated rings. The van der Waals surface area contributed by atoms with E-state index in [0.29, 0.717) is 6.07 Å². The van der Waals surface area contributed by atoms with Crippen molar-refractivity contribution in [3.63, 3.8) is 0 Å². The highest BCUT2D eigenvalue weighted by atomic mass is 19.1. The molecule has 0 spiro atoms. The number of anilines is 2. The Kier molecular flexibility index (Phi) is 6.33. The van der Waals surface area contributed by atoms with Gasteiger partial charge in [-0.25, -0.2) is 13.6 Å². The number of carbonyl (C=O) groups is 1. The second-order valence-electron chi connectivity index (χ2n) is 7.50. The molecule has 162 valence electrons. The van der Waals surface area contributed by atoms with E-state index in [9.17, 15) is 23.2 Å². The molecule has 0 unspecified atom stereocenters. The molecule has 7 nitrogen and oxygen atoms in total. The minimum atomic E-state index is -1.06. The molecule has 0 saturated carbocycles. The van der Waals surface area contributed by atoms with Gasteiger partial charge in [0.05, 0.1) is 12.1 Å². The predicted octanol–water partition coefficient (Wildman–Crippen LogP) is 2.75. The number of nitrogen functional groups attached to an aromatic ring is 1. The fraction of sp³-hybridized carbons (Fsp3) is 0.227. The number of hydrogen-bond donors (Lipinski definition) is 2. The second kappa shape index (κ2) is 8.95. The zero-order chi connectivity index (χ0) is 22.7. The number of carbonyl (C=O) groups excluding carboxylic acids is 1. The summed E-state index contributed by atoms with van der Waals surface area (Å²) in [5.74, 6) is -3.12. The van der Waals surface area contributed by atoms with Gasteiger partial charge in [-0.15, -0.1) is 0 Å². The van der Waals surface area contributed by atoms with Gasteiger partial charge in [-0.2, -0.15) is 0 Å². The fourth-order valence-corrected chi connectivity index (χ4v) is 3.21. The summed E-state index contributed by atoms with van der Waals surface area (Å²) < 4.78 is 28.7. The summed E-state index contributed by atoms with van der Waals surface area (Å²) >= 11 is 0. The van der Waals surface area contributed by atoms with Gasteiger partial charge >= 0.3 is 5.69 Å². The summed E-state index contributed by atoms with van der Waals surface area (Å²) in [6.07, 6.45) is 0. The highest BCUT2D eigenvalue weighted by molar-refractivity contribution is 6.07. The van der Waals surface area contributed by atoms with Crippen LogP contribution in [0.2, 0.25) is 0 Å². The van der Waals surface area contributed by atoms with Gasteiger partial charge in [-0.1, -0.05) is 44.2 Å². The first-order chi connectivity index (χ1) is 14.7. The normalized spacial score (nSPS) is 11.0. The van der Waals surface area contributed by atoms with Crippen LogP contribution in [0.5, 0.6) is 0 Å². The molecule has 2 aromatic carbocycles. The molecule has 0 atom stereocenters. The van der Waals surface area contributed by atoms with Gasteiger partial charge in [-0.05, 0) is 23.6 Å². The minimum Gasteiger partial charge on any atom is -0.383 e. The standard InChI is InChI=1S/C22H22F2N4O3/c1-13(2)11-27(21(30)16-9-8-15(23)10-17(16)24)18-19(25)28(22(31)26-20(18)29)12-14-6-4-3-5-7-14/h3-10,13H,11-12,25H2,1-2H3,(H,26,29,31). The molecular weight excluding hydrogens is 406 g/mol. The monoisotopic (exact) mass is 428 g/mol. The van der Waals surface area contributed by atoms with Crippen LogP contribution in [0, 0.1) is 17.6 Å². The number of H-pyrrole nitrogens is 1. The molecular formula is C22H22F2N4O3. The molecule has 1 amide bonds. The van der Waals surface area contributed by atoms with E-state index in [4.69, 9.17) is 5.73 Å². The van der Waals surface area contributed by atoms with E-state index >= 15 is 0 Å². The number of nitrogens with zero attached hydrogens (tertiary/aromatic N) is 2. The number of aromatic amines is 1. The summed E-state index contributed by atoms with van der Waals surface area (Å²) in [5.41, 5.74) is 4.64. The Morgan fingerprint density at radius 1 is 1.13 bits per heavy atom. The number of rotatable bonds is 6. The summed E-state index contributed by atoms with van der Waals surface area (Å²) in [4.78, 5) is 41.4. The molecule has 3 N–H and O–H groups in total. The number of nitrogens with one attached hydrogen (secondary N) is 1. The molecule has 0 radical (unpaired) electrons. The smallest absolute Gasteiger partial charge is 0.330 e. The van der Waals surface area contributed by atoms with Gasteiger partial charge < -0.3 is 10.6 Å². The highest BCUT2D eigenvalue weighted by Crippen LogP contribution is 2.23. The number of amides is 1. The molecule has 0 aliphatic heterocycles. The van der Waals surface area contributed by atoms with E-state index in [1.165, 1.54) is 0 Å². The summed E-state index contributed by atoms with van der Waals surface area (Å²) in [6, 6.07) is 11.5. The molecule has 0 saturated heterocycles. The number of nitrogens with two attached hydrogens (primary N) is 1. The Balaban J connectivity index is 2.15. The first kappa shape index (κ1) is 21.9. The van der Waals surface area contributed by atoms with Gasteiger partial charge in [0.25, 0.3) is 11.5 Å². The van der Waals surface area contributed by atoms with Crippen LogP contribution in [-0.2, 0) is 6.54 Å². The van der Waals surface area contributed by atoms with Gasteiger partial charge in [0.15, 0.2) is 5.69 Å². The molecule has 1 aromatic heterocycles. The van der Waals surface area contributed by atoms with Crippen LogP contribution in [0.1, 0.15) is 29.8 Å². The second-order valence-corrected chi connectivity index (χ2v) is 7.50. The van der Waals surface area contributed by atoms with Crippen molar-refractivity contribution in [2.24, 2.45) is 5.92 Å². The van der Waals surface area contributed by atoms with Crippen molar-refractivity contribution in [1.82, 2.24) is 9.55 Å². The van der Waals surface area contributed by atoms with Crippen molar-refractivity contribution in [3.8, 4) is 0 Å². The number of halogens is 2. The summed E-state index contributed by atoms with van der Waals surface area (Å²) in [6.45, 7) is 3.67. The SMILES string of the molecule is CC(C)CN(C(=O)c1ccc(F)cc1F)c1c(N)n(Cc2ccccc2)c(=O)[nH]c1=O. The third kappa shape index (κ3) is 4.71. The van der Waals surface area contributed by atoms with Crippen molar-refractivity contribution in [2.75, 3.05) is 17.2 Å². The molecule has 0 aliphatic carbocycles. The largest absolute Gasteiger partial charge is 0.383 e. The third-order valence-corrected chi connectivity index (χ3v) is 4.62. The van der Waals surface area contributed by atoms with E-state index in [2.05, 4.69) is 4.98 Å². The first-order valence-corrected chi connectivity index (χ1v) is 9.62. The van der Waals surface area contributed by atoms with Crippen LogP contribution in [0.3, 0.4) is 0 Å². The number of aromatic nitrogens is 2. The molecule has 3 rings (SSSR count). The molecule has 3 aromatic rings. The molecule has 9 heteroatoms. The lowest BCUT2D eigenvalue weighted by atomic mass is 10.1. The Bertz CT molecular complexity index is 1220. The predicted molar refractivity (Wildman–Crippen MR) is 114 cm³/mol. The van der Waals surface area contributed by atoms with Crippen molar-refractivity contribution in [3.05, 3.63) is 92.1 Å². The van der Waals surface area contributed by atoms with Crippen molar-refractivity contribution in [2.45, 2.75) is 20.4 Å². The lowest BCUT2D eigenvalue weighted by molar-refractivity contribution is 0.0979. The quantitative estimate of drug-likeness (QED) is 0.630. The van der Waals surface area contributed by atoms with Gasteiger partial charge in [0.1, 0.15) is 17.5 Å². The zero-order valence-electron chi connectivity index (χ0n) is 17.1.